The van der Waals surface area contributed by atoms with Crippen LogP contribution in [0.15, 0.2) is 46.9 Å². The minimum Gasteiger partial charge on any atom is -0.496 e. The van der Waals surface area contributed by atoms with Gasteiger partial charge < -0.3 is 15.8 Å². The molecule has 2 aromatic carbocycles. The van der Waals surface area contributed by atoms with Crippen molar-refractivity contribution < 1.29 is 4.74 Å². The summed E-state index contributed by atoms with van der Waals surface area (Å²) in [5.41, 5.74) is 8.80. The second-order valence-electron chi connectivity index (χ2n) is 4.28. The highest BCUT2D eigenvalue weighted by molar-refractivity contribution is 9.10. The number of nitrogens with two attached hydrogens (primary N) is 1. The lowest BCUT2D eigenvalue weighted by atomic mass is 9.97. The van der Waals surface area contributed by atoms with E-state index in [-0.39, 0.29) is 6.04 Å². The Kier molecular flexibility index (Phi) is 4.45. The maximum atomic E-state index is 5.86. The number of hydrogen-bond donors (Lipinski definition) is 2. The van der Waals surface area contributed by atoms with Crippen molar-refractivity contribution in [2.75, 3.05) is 19.9 Å². The lowest BCUT2D eigenvalue weighted by Gasteiger charge is -2.20. The van der Waals surface area contributed by atoms with Crippen molar-refractivity contribution in [3.05, 3.63) is 58.1 Å². The Morgan fingerprint density at radius 2 is 2.00 bits per heavy atom. The van der Waals surface area contributed by atoms with Crippen LogP contribution in [0.4, 0.5) is 5.69 Å². The second kappa shape index (κ2) is 6.08. The van der Waals surface area contributed by atoms with Gasteiger partial charge in [0.1, 0.15) is 5.75 Å². The number of anilines is 1. The summed E-state index contributed by atoms with van der Waals surface area (Å²) in [5.74, 6) is 0.852. The van der Waals surface area contributed by atoms with Crippen LogP contribution in [0.3, 0.4) is 0 Å². The quantitative estimate of drug-likeness (QED) is 0.849. The topological polar surface area (TPSA) is 47.3 Å². The molecule has 0 saturated carbocycles. The molecule has 19 heavy (non-hydrogen) atoms. The van der Waals surface area contributed by atoms with Crippen LogP contribution in [0.5, 0.6) is 5.75 Å². The van der Waals surface area contributed by atoms with Gasteiger partial charge in [-0.1, -0.05) is 28.1 Å². The molecular formula is C15H17BrN2O. The van der Waals surface area contributed by atoms with E-state index in [4.69, 9.17) is 10.5 Å². The summed E-state index contributed by atoms with van der Waals surface area (Å²) in [6.07, 6.45) is 0. The Balaban J connectivity index is 2.50. The third-order valence-electron chi connectivity index (χ3n) is 3.04. The number of ether oxygens (including phenoxy) is 1. The first-order valence-electron chi connectivity index (χ1n) is 6.02. The highest BCUT2D eigenvalue weighted by atomic mass is 79.9. The first kappa shape index (κ1) is 13.9. The summed E-state index contributed by atoms with van der Waals surface area (Å²) < 4.78 is 6.46. The van der Waals surface area contributed by atoms with E-state index in [9.17, 15) is 0 Å². The van der Waals surface area contributed by atoms with Crippen LogP contribution in [-0.2, 0) is 0 Å². The molecular weight excluding hydrogens is 304 g/mol. The molecule has 3 nitrogen and oxygen atoms in total. The van der Waals surface area contributed by atoms with Gasteiger partial charge >= 0.3 is 0 Å². The van der Waals surface area contributed by atoms with E-state index in [1.807, 2.05) is 37.4 Å². The van der Waals surface area contributed by atoms with Crippen LogP contribution < -0.4 is 15.8 Å². The van der Waals surface area contributed by atoms with Gasteiger partial charge in [0.25, 0.3) is 0 Å². The molecule has 0 aliphatic heterocycles. The molecule has 0 heterocycles. The van der Waals surface area contributed by atoms with E-state index in [1.54, 1.807) is 7.11 Å². The number of nitrogens with one attached hydrogen (secondary N) is 1. The van der Waals surface area contributed by atoms with Crippen LogP contribution in [0.25, 0.3) is 0 Å². The molecule has 1 unspecified atom stereocenters. The van der Waals surface area contributed by atoms with Crippen LogP contribution in [0, 0.1) is 0 Å². The number of rotatable bonds is 4. The molecule has 3 N–H and O–H groups in total. The summed E-state index contributed by atoms with van der Waals surface area (Å²) in [6.45, 7) is 0. The van der Waals surface area contributed by atoms with Gasteiger partial charge in [-0.3, -0.25) is 0 Å². The standard InChI is InChI=1S/C15H17BrN2O/c1-18-15(10-4-3-5-12(17)8-10)13-9-11(16)6-7-14(13)19-2/h3-9,15,18H,17H2,1-2H3. The van der Waals surface area contributed by atoms with Crippen LogP contribution in [0.1, 0.15) is 17.2 Å². The summed E-state index contributed by atoms with van der Waals surface area (Å²) in [4.78, 5) is 0. The highest BCUT2D eigenvalue weighted by Gasteiger charge is 2.17. The Morgan fingerprint density at radius 3 is 2.63 bits per heavy atom. The van der Waals surface area contributed by atoms with E-state index >= 15 is 0 Å². The average Bonchev–Trinajstić information content (AvgIpc) is 2.40. The van der Waals surface area contributed by atoms with Crippen molar-refractivity contribution in [1.29, 1.82) is 0 Å². The van der Waals surface area contributed by atoms with Crippen molar-refractivity contribution >= 4 is 21.6 Å². The zero-order chi connectivity index (χ0) is 13.8. The molecule has 0 bridgehead atoms. The lowest BCUT2D eigenvalue weighted by Crippen LogP contribution is -2.18. The monoisotopic (exact) mass is 320 g/mol. The average molecular weight is 321 g/mol. The van der Waals surface area contributed by atoms with E-state index in [0.29, 0.717) is 0 Å². The third kappa shape index (κ3) is 3.08. The zero-order valence-electron chi connectivity index (χ0n) is 11.0. The van der Waals surface area contributed by atoms with Gasteiger partial charge in [-0.05, 0) is 42.9 Å². The van der Waals surface area contributed by atoms with Gasteiger partial charge in [-0.25, -0.2) is 0 Å². The molecule has 0 spiro atoms. The van der Waals surface area contributed by atoms with Gasteiger partial charge in [-0.2, -0.15) is 0 Å². The van der Waals surface area contributed by atoms with E-state index in [1.165, 1.54) is 0 Å². The summed E-state index contributed by atoms with van der Waals surface area (Å²) in [5, 5.41) is 3.31. The first-order valence-corrected chi connectivity index (χ1v) is 6.81. The van der Waals surface area contributed by atoms with Gasteiger partial charge in [-0.15, -0.1) is 0 Å². The largest absolute Gasteiger partial charge is 0.496 e. The zero-order valence-corrected chi connectivity index (χ0v) is 12.6. The van der Waals surface area contributed by atoms with Crippen LogP contribution in [0.2, 0.25) is 0 Å². The predicted octanol–water partition coefficient (Wildman–Crippen LogP) is 3.35. The summed E-state index contributed by atoms with van der Waals surface area (Å²) >= 11 is 3.50. The third-order valence-corrected chi connectivity index (χ3v) is 3.53. The molecule has 0 aliphatic rings. The fraction of sp³-hybridized carbons (Fsp3) is 0.200. The van der Waals surface area contributed by atoms with E-state index in [0.717, 1.165) is 27.0 Å². The fourth-order valence-electron chi connectivity index (χ4n) is 2.17. The van der Waals surface area contributed by atoms with Crippen molar-refractivity contribution in [2.24, 2.45) is 0 Å². The number of methoxy groups -OCH3 is 1. The molecule has 4 heteroatoms. The van der Waals surface area contributed by atoms with Crippen molar-refractivity contribution in [3.63, 3.8) is 0 Å². The van der Waals surface area contributed by atoms with E-state index < -0.39 is 0 Å². The molecule has 0 aromatic heterocycles. The normalized spacial score (nSPS) is 12.2. The molecule has 0 radical (unpaired) electrons. The molecule has 1 atom stereocenters. The molecule has 2 rings (SSSR count). The van der Waals surface area contributed by atoms with Crippen molar-refractivity contribution in [2.45, 2.75) is 6.04 Å². The molecule has 0 saturated heterocycles. The Bertz CT molecular complexity index is 572. The van der Waals surface area contributed by atoms with Gasteiger partial charge in [0.05, 0.1) is 13.2 Å². The summed E-state index contributed by atoms with van der Waals surface area (Å²) in [7, 11) is 3.60. The SMILES string of the molecule is CNC(c1cccc(N)c1)c1cc(Br)ccc1OC. The first-order chi connectivity index (χ1) is 9.15. The molecule has 2 aromatic rings. The van der Waals surface area contributed by atoms with Crippen LogP contribution in [-0.4, -0.2) is 14.2 Å². The Labute approximate surface area is 121 Å². The molecule has 0 aliphatic carbocycles. The van der Waals surface area contributed by atoms with E-state index in [2.05, 4.69) is 33.4 Å². The van der Waals surface area contributed by atoms with Gasteiger partial charge in [0.2, 0.25) is 0 Å². The summed E-state index contributed by atoms with van der Waals surface area (Å²) in [6, 6.07) is 13.9. The minimum absolute atomic E-state index is 0.0379. The lowest BCUT2D eigenvalue weighted by molar-refractivity contribution is 0.405. The van der Waals surface area contributed by atoms with Gasteiger partial charge in [0, 0.05) is 15.7 Å². The number of benzene rings is 2. The Hall–Kier alpha value is -1.52. The number of hydrogen-bond acceptors (Lipinski definition) is 3. The smallest absolute Gasteiger partial charge is 0.124 e. The van der Waals surface area contributed by atoms with Crippen LogP contribution >= 0.6 is 15.9 Å². The predicted molar refractivity (Wildman–Crippen MR) is 82.5 cm³/mol. The Morgan fingerprint density at radius 1 is 1.21 bits per heavy atom. The molecule has 100 valence electrons. The van der Waals surface area contributed by atoms with Gasteiger partial charge in [0.15, 0.2) is 0 Å². The van der Waals surface area contributed by atoms with Crippen molar-refractivity contribution in [1.82, 2.24) is 5.32 Å². The van der Waals surface area contributed by atoms with Crippen molar-refractivity contribution in [3.8, 4) is 5.75 Å². The molecule has 0 amide bonds. The maximum Gasteiger partial charge on any atom is 0.124 e. The second-order valence-corrected chi connectivity index (χ2v) is 5.19. The number of halogens is 1. The number of nitrogen functional groups attached to an aromatic ring is 1. The minimum atomic E-state index is 0.0379. The maximum absolute atomic E-state index is 5.86. The highest BCUT2D eigenvalue weighted by Crippen LogP contribution is 2.32. The fourth-order valence-corrected chi connectivity index (χ4v) is 2.55. The molecule has 0 fully saturated rings.